The van der Waals surface area contributed by atoms with Crippen molar-refractivity contribution in [2.45, 2.75) is 40.5 Å². The van der Waals surface area contributed by atoms with Gasteiger partial charge in [0.05, 0.1) is 0 Å². The molecule has 3 nitrogen and oxygen atoms in total. The van der Waals surface area contributed by atoms with Gasteiger partial charge in [0.15, 0.2) is 0 Å². The van der Waals surface area contributed by atoms with Gasteiger partial charge in [-0.1, -0.05) is 33.6 Å². The fraction of sp³-hybridized carbons (Fsp3) is 0.727. The summed E-state index contributed by atoms with van der Waals surface area (Å²) < 4.78 is 0. The summed E-state index contributed by atoms with van der Waals surface area (Å²) in [4.78, 5) is 10.1. The SMILES string of the molecule is C/C(CS)=C(/N)C(=O)O.CCCC(C)C. The second-order valence-corrected chi connectivity index (χ2v) is 4.16. The zero-order valence-electron chi connectivity index (χ0n) is 10.1. The minimum Gasteiger partial charge on any atom is -0.477 e. The fourth-order valence-electron chi connectivity index (χ4n) is 0.845. The van der Waals surface area contributed by atoms with Crippen LogP contribution in [0.5, 0.6) is 0 Å². The van der Waals surface area contributed by atoms with E-state index in [0.717, 1.165) is 5.92 Å². The summed E-state index contributed by atoms with van der Waals surface area (Å²) in [6.45, 7) is 8.36. The van der Waals surface area contributed by atoms with Crippen LogP contribution in [-0.2, 0) is 4.79 Å². The monoisotopic (exact) mass is 233 g/mol. The van der Waals surface area contributed by atoms with E-state index in [1.807, 2.05) is 0 Å². The Kier molecular flexibility index (Phi) is 11.1. The van der Waals surface area contributed by atoms with Crippen molar-refractivity contribution in [3.63, 3.8) is 0 Å². The maximum absolute atomic E-state index is 10.1. The lowest BCUT2D eigenvalue weighted by Gasteiger charge is -1.96. The molecule has 90 valence electrons. The molecule has 0 aromatic rings. The lowest BCUT2D eigenvalue weighted by molar-refractivity contribution is -0.132. The molecule has 0 saturated carbocycles. The lowest BCUT2D eigenvalue weighted by atomic mass is 10.1. The highest BCUT2D eigenvalue weighted by molar-refractivity contribution is 7.80. The van der Waals surface area contributed by atoms with Crippen LogP contribution in [0.4, 0.5) is 0 Å². The second-order valence-electron chi connectivity index (χ2n) is 3.84. The van der Waals surface area contributed by atoms with Crippen molar-refractivity contribution in [1.29, 1.82) is 0 Å². The van der Waals surface area contributed by atoms with Crippen LogP contribution in [0.3, 0.4) is 0 Å². The van der Waals surface area contributed by atoms with Crippen molar-refractivity contribution < 1.29 is 9.90 Å². The minimum absolute atomic E-state index is 0.106. The Morgan fingerprint density at radius 2 is 1.93 bits per heavy atom. The normalized spacial score (nSPS) is 11.6. The molecule has 0 fully saturated rings. The van der Waals surface area contributed by atoms with Gasteiger partial charge in [-0.25, -0.2) is 4.79 Å². The summed E-state index contributed by atoms with van der Waals surface area (Å²) in [5, 5.41) is 8.27. The first-order chi connectivity index (χ1) is 6.86. The number of carboxylic acids is 1. The van der Waals surface area contributed by atoms with Crippen LogP contribution in [0.1, 0.15) is 40.5 Å². The van der Waals surface area contributed by atoms with Gasteiger partial charge in [-0.15, -0.1) is 0 Å². The van der Waals surface area contributed by atoms with Crippen LogP contribution in [0.15, 0.2) is 11.3 Å². The maximum atomic E-state index is 10.1. The molecule has 4 heteroatoms. The second kappa shape index (κ2) is 9.90. The first-order valence-corrected chi connectivity index (χ1v) is 5.79. The Morgan fingerprint density at radius 3 is 2.00 bits per heavy atom. The largest absolute Gasteiger partial charge is 0.477 e. The van der Waals surface area contributed by atoms with E-state index in [1.54, 1.807) is 6.92 Å². The van der Waals surface area contributed by atoms with E-state index >= 15 is 0 Å². The number of rotatable bonds is 4. The third kappa shape index (κ3) is 11.3. The van der Waals surface area contributed by atoms with E-state index in [-0.39, 0.29) is 5.70 Å². The molecule has 0 spiro atoms. The molecule has 0 rings (SSSR count). The van der Waals surface area contributed by atoms with Crippen LogP contribution in [0.2, 0.25) is 0 Å². The van der Waals surface area contributed by atoms with Crippen molar-refractivity contribution in [3.05, 3.63) is 11.3 Å². The number of aliphatic carboxylic acids is 1. The molecular formula is C11H23NO2S. The average molecular weight is 233 g/mol. The predicted molar refractivity (Wildman–Crippen MR) is 68.1 cm³/mol. The molecule has 0 radical (unpaired) electrons. The number of carbonyl (C=O) groups is 1. The topological polar surface area (TPSA) is 63.3 Å². The van der Waals surface area contributed by atoms with E-state index in [0.29, 0.717) is 11.3 Å². The fourth-order valence-corrected chi connectivity index (χ4v) is 1.02. The predicted octanol–water partition coefficient (Wildman–Crippen LogP) is 2.68. The molecule has 0 aliphatic heterocycles. The minimum atomic E-state index is -1.08. The molecule has 0 atom stereocenters. The van der Waals surface area contributed by atoms with Gasteiger partial charge in [-0.3, -0.25) is 0 Å². The molecule has 0 aromatic carbocycles. The number of carboxylic acid groups (broad SMARTS) is 1. The van der Waals surface area contributed by atoms with E-state index in [4.69, 9.17) is 10.8 Å². The Bertz CT molecular complexity index is 213. The zero-order chi connectivity index (χ0) is 12.4. The Labute approximate surface area is 98.2 Å². The van der Waals surface area contributed by atoms with Crippen molar-refractivity contribution in [3.8, 4) is 0 Å². The molecule has 0 saturated heterocycles. The van der Waals surface area contributed by atoms with Crippen molar-refractivity contribution >= 4 is 18.6 Å². The van der Waals surface area contributed by atoms with Crippen LogP contribution < -0.4 is 5.73 Å². The average Bonchev–Trinajstić information content (AvgIpc) is 2.16. The van der Waals surface area contributed by atoms with Crippen molar-refractivity contribution in [1.82, 2.24) is 0 Å². The standard InChI is InChI=1S/C6H14.C5H9NO2S/c1-4-5-6(2)3;1-3(2-9)4(6)5(7)8/h6H,4-5H2,1-3H3;9H,2,6H2,1H3,(H,7,8)/b;4-3-. The van der Waals surface area contributed by atoms with Crippen molar-refractivity contribution in [2.75, 3.05) is 5.75 Å². The molecule has 0 unspecified atom stereocenters. The molecule has 0 aliphatic rings. The quantitative estimate of drug-likeness (QED) is 0.517. The van der Waals surface area contributed by atoms with E-state index < -0.39 is 5.97 Å². The number of nitrogens with two attached hydrogens (primary N) is 1. The van der Waals surface area contributed by atoms with E-state index in [2.05, 4.69) is 33.4 Å². The Balaban J connectivity index is 0. The first kappa shape index (κ1) is 16.8. The summed E-state index contributed by atoms with van der Waals surface area (Å²) in [5.41, 5.74) is 5.58. The van der Waals surface area contributed by atoms with Gasteiger partial charge in [0, 0.05) is 5.75 Å². The molecule has 15 heavy (non-hydrogen) atoms. The third-order valence-electron chi connectivity index (χ3n) is 1.79. The van der Waals surface area contributed by atoms with Crippen LogP contribution in [0, 0.1) is 5.92 Å². The Morgan fingerprint density at radius 1 is 1.47 bits per heavy atom. The van der Waals surface area contributed by atoms with Crippen LogP contribution in [-0.4, -0.2) is 16.8 Å². The van der Waals surface area contributed by atoms with Gasteiger partial charge in [0.25, 0.3) is 0 Å². The molecule has 0 heterocycles. The smallest absolute Gasteiger partial charge is 0.351 e. The van der Waals surface area contributed by atoms with Crippen LogP contribution in [0.25, 0.3) is 0 Å². The number of hydrogen-bond acceptors (Lipinski definition) is 3. The molecular weight excluding hydrogens is 210 g/mol. The zero-order valence-corrected chi connectivity index (χ0v) is 11.0. The van der Waals surface area contributed by atoms with Crippen LogP contribution >= 0.6 is 12.6 Å². The molecule has 0 bridgehead atoms. The molecule has 0 aliphatic carbocycles. The highest BCUT2D eigenvalue weighted by Crippen LogP contribution is 2.00. The van der Waals surface area contributed by atoms with Gasteiger partial charge in [-0.05, 0) is 18.4 Å². The summed E-state index contributed by atoms with van der Waals surface area (Å²) in [6, 6.07) is 0. The van der Waals surface area contributed by atoms with E-state index in [1.165, 1.54) is 12.8 Å². The summed E-state index contributed by atoms with van der Waals surface area (Å²) >= 11 is 3.85. The van der Waals surface area contributed by atoms with Gasteiger partial charge in [0.1, 0.15) is 5.70 Å². The van der Waals surface area contributed by atoms with E-state index in [9.17, 15) is 4.79 Å². The molecule has 0 aromatic heterocycles. The summed E-state index contributed by atoms with van der Waals surface area (Å²) in [6.07, 6.45) is 2.71. The lowest BCUT2D eigenvalue weighted by Crippen LogP contribution is -2.12. The maximum Gasteiger partial charge on any atom is 0.351 e. The van der Waals surface area contributed by atoms with Gasteiger partial charge < -0.3 is 10.8 Å². The Hall–Kier alpha value is -0.640. The number of thiol groups is 1. The third-order valence-corrected chi connectivity index (χ3v) is 2.27. The molecule has 0 amide bonds. The summed E-state index contributed by atoms with van der Waals surface area (Å²) in [5.74, 6) is 0.203. The van der Waals surface area contributed by atoms with Gasteiger partial charge in [0.2, 0.25) is 0 Å². The summed E-state index contributed by atoms with van der Waals surface area (Å²) in [7, 11) is 0. The highest BCUT2D eigenvalue weighted by atomic mass is 32.1. The number of hydrogen-bond donors (Lipinski definition) is 3. The highest BCUT2D eigenvalue weighted by Gasteiger charge is 2.03. The first-order valence-electron chi connectivity index (χ1n) is 5.16. The van der Waals surface area contributed by atoms with Crippen molar-refractivity contribution in [2.24, 2.45) is 11.7 Å². The molecule has 3 N–H and O–H groups in total. The van der Waals surface area contributed by atoms with Gasteiger partial charge >= 0.3 is 5.97 Å². The van der Waals surface area contributed by atoms with Gasteiger partial charge in [-0.2, -0.15) is 12.6 Å².